The van der Waals surface area contributed by atoms with Crippen LogP contribution in [0.2, 0.25) is 5.02 Å². The van der Waals surface area contributed by atoms with Crippen molar-refractivity contribution in [3.05, 3.63) is 71.1 Å². The predicted molar refractivity (Wildman–Crippen MR) is 113 cm³/mol. The Hall–Kier alpha value is -3.26. The molecule has 0 bridgehead atoms. The lowest BCUT2D eigenvalue weighted by Gasteiger charge is -2.37. The van der Waals surface area contributed by atoms with Gasteiger partial charge in [-0.1, -0.05) is 11.6 Å². The van der Waals surface area contributed by atoms with Crippen molar-refractivity contribution in [2.45, 2.75) is 31.7 Å². The van der Waals surface area contributed by atoms with Crippen LogP contribution in [0.5, 0.6) is 0 Å². The second-order valence-corrected chi connectivity index (χ2v) is 8.16. The lowest BCUT2D eigenvalue weighted by Crippen LogP contribution is -2.45. The molecule has 1 saturated heterocycles. The molecule has 2 aromatic carbocycles. The van der Waals surface area contributed by atoms with E-state index in [1.54, 1.807) is 36.7 Å². The standard InChI is InChI=1S/C22H19ClFN5O2/c1-13-2-3-14(21-27-18-11-16(24)5-7-20(18)31-21)12-28(13)22(30)17-10-15(23)4-6-19(17)29-25-8-9-26-29/h4-11,13-14H,2-3,12H2,1H3/t13-,14-/m1/s1. The summed E-state index contributed by atoms with van der Waals surface area (Å²) in [6, 6.07) is 9.38. The Kier molecular flexibility index (Phi) is 4.94. The Morgan fingerprint density at radius 3 is 2.77 bits per heavy atom. The van der Waals surface area contributed by atoms with Gasteiger partial charge < -0.3 is 9.32 Å². The van der Waals surface area contributed by atoms with Crippen LogP contribution in [0.1, 0.15) is 41.9 Å². The summed E-state index contributed by atoms with van der Waals surface area (Å²) < 4.78 is 19.4. The topological polar surface area (TPSA) is 77.0 Å². The zero-order chi connectivity index (χ0) is 21.5. The maximum absolute atomic E-state index is 13.6. The molecule has 158 valence electrons. The molecular formula is C22H19ClFN5O2. The van der Waals surface area contributed by atoms with Crippen LogP contribution < -0.4 is 0 Å². The molecule has 1 fully saturated rings. The number of oxazole rings is 1. The Morgan fingerprint density at radius 2 is 1.97 bits per heavy atom. The highest BCUT2D eigenvalue weighted by Gasteiger charge is 2.34. The van der Waals surface area contributed by atoms with Crippen LogP contribution in [0.4, 0.5) is 4.39 Å². The summed E-state index contributed by atoms with van der Waals surface area (Å²) in [5, 5.41) is 8.77. The highest BCUT2D eigenvalue weighted by atomic mass is 35.5. The van der Waals surface area contributed by atoms with E-state index in [0.29, 0.717) is 39.8 Å². The number of nitrogens with zero attached hydrogens (tertiary/aromatic N) is 5. The molecule has 0 spiro atoms. The number of halogens is 2. The molecule has 2 aromatic heterocycles. The molecule has 9 heteroatoms. The molecule has 0 aliphatic carbocycles. The SMILES string of the molecule is C[C@@H]1CC[C@@H](c2nc3cc(F)ccc3o2)CN1C(=O)c1cc(Cl)ccc1-n1nccn1. The number of likely N-dealkylation sites (tertiary alicyclic amines) is 1. The van der Waals surface area contributed by atoms with Crippen molar-refractivity contribution in [2.75, 3.05) is 6.54 Å². The number of hydrogen-bond acceptors (Lipinski definition) is 5. The zero-order valence-corrected chi connectivity index (χ0v) is 17.5. The van der Waals surface area contributed by atoms with Crippen LogP contribution in [-0.4, -0.2) is 43.4 Å². The van der Waals surface area contributed by atoms with Crippen molar-refractivity contribution in [3.8, 4) is 5.69 Å². The molecule has 1 aliphatic heterocycles. The fourth-order valence-corrected chi connectivity index (χ4v) is 4.21. The summed E-state index contributed by atoms with van der Waals surface area (Å²) in [6.07, 6.45) is 4.72. The lowest BCUT2D eigenvalue weighted by molar-refractivity contribution is 0.0597. The molecule has 0 saturated carbocycles. The van der Waals surface area contributed by atoms with Gasteiger partial charge in [0.2, 0.25) is 0 Å². The quantitative estimate of drug-likeness (QED) is 0.466. The fraction of sp³-hybridized carbons (Fsp3) is 0.273. The number of hydrogen-bond donors (Lipinski definition) is 0. The number of carbonyl (C=O) groups excluding carboxylic acids is 1. The summed E-state index contributed by atoms with van der Waals surface area (Å²) in [7, 11) is 0. The van der Waals surface area contributed by atoms with Crippen LogP contribution in [0, 0.1) is 5.82 Å². The van der Waals surface area contributed by atoms with E-state index in [4.69, 9.17) is 16.0 Å². The third-order valence-corrected chi connectivity index (χ3v) is 5.92. The van der Waals surface area contributed by atoms with Crippen LogP contribution in [0.15, 0.2) is 53.2 Å². The largest absolute Gasteiger partial charge is 0.440 e. The first-order valence-corrected chi connectivity index (χ1v) is 10.4. The van der Waals surface area contributed by atoms with Gasteiger partial charge in [0.15, 0.2) is 11.5 Å². The maximum atomic E-state index is 13.6. The van der Waals surface area contributed by atoms with Gasteiger partial charge >= 0.3 is 0 Å². The van der Waals surface area contributed by atoms with Gasteiger partial charge in [-0.15, -0.1) is 0 Å². The van der Waals surface area contributed by atoms with Crippen molar-refractivity contribution in [2.24, 2.45) is 0 Å². The minimum Gasteiger partial charge on any atom is -0.440 e. The third kappa shape index (κ3) is 3.67. The molecule has 3 heterocycles. The molecule has 1 aliphatic rings. The maximum Gasteiger partial charge on any atom is 0.256 e. The summed E-state index contributed by atoms with van der Waals surface area (Å²) in [4.78, 5) is 21.3. The first-order valence-electron chi connectivity index (χ1n) is 10.0. The van der Waals surface area contributed by atoms with E-state index in [0.717, 1.165) is 12.8 Å². The number of rotatable bonds is 3. The smallest absolute Gasteiger partial charge is 0.256 e. The molecule has 0 radical (unpaired) electrons. The van der Waals surface area contributed by atoms with E-state index in [2.05, 4.69) is 15.2 Å². The molecule has 7 nitrogen and oxygen atoms in total. The fourth-order valence-electron chi connectivity index (χ4n) is 4.03. The molecule has 5 rings (SSSR count). The minimum atomic E-state index is -0.359. The predicted octanol–water partition coefficient (Wildman–Crippen LogP) is 4.61. The molecule has 2 atom stereocenters. The van der Waals surface area contributed by atoms with Gasteiger partial charge in [0.05, 0.1) is 29.6 Å². The van der Waals surface area contributed by atoms with E-state index in [1.165, 1.54) is 16.9 Å². The summed E-state index contributed by atoms with van der Waals surface area (Å²) in [5.74, 6) is -0.0808. The molecule has 0 unspecified atom stereocenters. The monoisotopic (exact) mass is 439 g/mol. The van der Waals surface area contributed by atoms with E-state index in [-0.39, 0.29) is 23.7 Å². The average Bonchev–Trinajstić information content (AvgIpc) is 3.43. The molecule has 31 heavy (non-hydrogen) atoms. The first kappa shape index (κ1) is 19.7. The van der Waals surface area contributed by atoms with Crippen molar-refractivity contribution in [1.82, 2.24) is 24.9 Å². The van der Waals surface area contributed by atoms with Crippen molar-refractivity contribution in [3.63, 3.8) is 0 Å². The molecule has 0 N–H and O–H groups in total. The lowest BCUT2D eigenvalue weighted by atomic mass is 9.92. The van der Waals surface area contributed by atoms with E-state index >= 15 is 0 Å². The summed E-state index contributed by atoms with van der Waals surface area (Å²) in [5.41, 5.74) is 2.00. The van der Waals surface area contributed by atoms with Gasteiger partial charge in [-0.25, -0.2) is 9.37 Å². The Bertz CT molecular complexity index is 1260. The van der Waals surface area contributed by atoms with Crippen molar-refractivity contribution >= 4 is 28.6 Å². The first-order chi connectivity index (χ1) is 15.0. The number of piperidine rings is 1. The van der Waals surface area contributed by atoms with Crippen LogP contribution in [0.3, 0.4) is 0 Å². The number of carbonyl (C=O) groups is 1. The van der Waals surface area contributed by atoms with Gasteiger partial charge in [-0.05, 0) is 50.1 Å². The number of benzene rings is 2. The molecule has 1 amide bonds. The number of aromatic nitrogens is 4. The minimum absolute atomic E-state index is 0.0305. The van der Waals surface area contributed by atoms with Crippen molar-refractivity contribution in [1.29, 1.82) is 0 Å². The Balaban J connectivity index is 1.47. The molecule has 4 aromatic rings. The number of fused-ring (bicyclic) bond motifs is 1. The van der Waals surface area contributed by atoms with Gasteiger partial charge in [-0.2, -0.15) is 15.0 Å². The highest BCUT2D eigenvalue weighted by Crippen LogP contribution is 2.33. The van der Waals surface area contributed by atoms with Crippen LogP contribution in [-0.2, 0) is 0 Å². The van der Waals surface area contributed by atoms with E-state index in [1.807, 2.05) is 11.8 Å². The number of amides is 1. The second kappa shape index (κ2) is 7.77. The summed E-state index contributed by atoms with van der Waals surface area (Å²) in [6.45, 7) is 2.46. The van der Waals surface area contributed by atoms with E-state index in [9.17, 15) is 9.18 Å². The Morgan fingerprint density at radius 1 is 1.16 bits per heavy atom. The summed E-state index contributed by atoms with van der Waals surface area (Å²) >= 11 is 6.20. The normalized spacial score (nSPS) is 19.1. The Labute approximate surface area is 182 Å². The average molecular weight is 440 g/mol. The van der Waals surface area contributed by atoms with Crippen LogP contribution in [0.25, 0.3) is 16.8 Å². The van der Waals surface area contributed by atoms with Crippen molar-refractivity contribution < 1.29 is 13.6 Å². The van der Waals surface area contributed by atoms with E-state index < -0.39 is 0 Å². The highest BCUT2D eigenvalue weighted by molar-refractivity contribution is 6.31. The second-order valence-electron chi connectivity index (χ2n) is 7.72. The van der Waals surface area contributed by atoms with Gasteiger partial charge in [0.25, 0.3) is 5.91 Å². The zero-order valence-electron chi connectivity index (χ0n) is 16.7. The van der Waals surface area contributed by atoms with Crippen LogP contribution >= 0.6 is 11.6 Å². The third-order valence-electron chi connectivity index (χ3n) is 5.68. The molecular weight excluding hydrogens is 421 g/mol. The van der Waals surface area contributed by atoms with Gasteiger partial charge in [0.1, 0.15) is 11.3 Å². The van der Waals surface area contributed by atoms with Gasteiger partial charge in [-0.3, -0.25) is 4.79 Å². The van der Waals surface area contributed by atoms with Gasteiger partial charge in [0, 0.05) is 23.7 Å².